The van der Waals surface area contributed by atoms with Gasteiger partial charge in [0.25, 0.3) is 0 Å². The average Bonchev–Trinajstić information content (AvgIpc) is 2.19. The van der Waals surface area contributed by atoms with Crippen molar-refractivity contribution in [1.29, 1.82) is 0 Å². The normalized spacial score (nSPS) is 12.3. The predicted molar refractivity (Wildman–Crippen MR) is 52.3 cm³/mol. The van der Waals surface area contributed by atoms with E-state index >= 15 is 0 Å². The molecule has 0 saturated heterocycles. The Morgan fingerprint density at radius 2 is 1.87 bits per heavy atom. The Bertz CT molecular complexity index is 436. The number of hydrogen-bond donors (Lipinski definition) is 1. The van der Waals surface area contributed by atoms with Crippen LogP contribution < -0.4 is 0 Å². The maximum absolute atomic E-state index is 13.3. The van der Waals surface area contributed by atoms with Gasteiger partial charge in [-0.05, 0) is 37.6 Å². The molecule has 15 heavy (non-hydrogen) atoms. The van der Waals surface area contributed by atoms with E-state index in [0.717, 1.165) is 18.2 Å². The lowest BCUT2D eigenvalue weighted by Gasteiger charge is -2.06. The number of aliphatic carboxylic acids is 1. The van der Waals surface area contributed by atoms with Crippen LogP contribution in [0.4, 0.5) is 8.78 Å². The van der Waals surface area contributed by atoms with Crippen LogP contribution in [0.1, 0.15) is 19.4 Å². The molecule has 1 aromatic rings. The SMILES string of the molecule is CC(C(=O)O)=C(C)c1cc(F)ccc1F. The third-order valence-electron chi connectivity index (χ3n) is 2.22. The van der Waals surface area contributed by atoms with Crippen LogP contribution in [0.3, 0.4) is 0 Å². The van der Waals surface area contributed by atoms with Crippen molar-refractivity contribution in [3.63, 3.8) is 0 Å². The van der Waals surface area contributed by atoms with Gasteiger partial charge in [-0.3, -0.25) is 0 Å². The number of benzene rings is 1. The minimum Gasteiger partial charge on any atom is -0.478 e. The van der Waals surface area contributed by atoms with Crippen molar-refractivity contribution in [3.05, 3.63) is 41.0 Å². The molecule has 0 aromatic heterocycles. The zero-order valence-corrected chi connectivity index (χ0v) is 8.34. The molecule has 1 N–H and O–H groups in total. The molecule has 0 atom stereocenters. The number of rotatable bonds is 2. The lowest BCUT2D eigenvalue weighted by Crippen LogP contribution is -2.00. The highest BCUT2D eigenvalue weighted by molar-refractivity contribution is 5.95. The smallest absolute Gasteiger partial charge is 0.331 e. The molecule has 0 aliphatic heterocycles. The second kappa shape index (κ2) is 4.21. The fourth-order valence-corrected chi connectivity index (χ4v) is 1.15. The Morgan fingerprint density at radius 3 is 2.40 bits per heavy atom. The predicted octanol–water partition coefficient (Wildman–Crippen LogP) is 2.84. The molecule has 0 bridgehead atoms. The summed E-state index contributed by atoms with van der Waals surface area (Å²) in [4.78, 5) is 10.6. The summed E-state index contributed by atoms with van der Waals surface area (Å²) in [7, 11) is 0. The summed E-state index contributed by atoms with van der Waals surface area (Å²) < 4.78 is 26.1. The van der Waals surface area contributed by atoms with Crippen LogP contribution >= 0.6 is 0 Å². The zero-order chi connectivity index (χ0) is 11.6. The molecule has 0 aliphatic rings. The molecule has 2 nitrogen and oxygen atoms in total. The van der Waals surface area contributed by atoms with E-state index in [4.69, 9.17) is 5.11 Å². The van der Waals surface area contributed by atoms with Gasteiger partial charge in [0.2, 0.25) is 0 Å². The van der Waals surface area contributed by atoms with Crippen LogP contribution in [0, 0.1) is 11.6 Å². The summed E-state index contributed by atoms with van der Waals surface area (Å²) in [5.74, 6) is -2.37. The summed E-state index contributed by atoms with van der Waals surface area (Å²) in [5.41, 5.74) is 0.203. The summed E-state index contributed by atoms with van der Waals surface area (Å²) in [6.45, 7) is 2.79. The second-order valence-electron chi connectivity index (χ2n) is 3.18. The Hall–Kier alpha value is -1.71. The van der Waals surface area contributed by atoms with Gasteiger partial charge in [0.05, 0.1) is 0 Å². The van der Waals surface area contributed by atoms with Crippen molar-refractivity contribution in [2.45, 2.75) is 13.8 Å². The molecule has 0 fully saturated rings. The number of carbonyl (C=O) groups is 1. The summed E-state index contributed by atoms with van der Waals surface area (Å²) in [6, 6.07) is 2.95. The van der Waals surface area contributed by atoms with Crippen LogP contribution in [0.5, 0.6) is 0 Å². The van der Waals surface area contributed by atoms with Crippen molar-refractivity contribution in [3.8, 4) is 0 Å². The Labute approximate surface area is 85.9 Å². The highest BCUT2D eigenvalue weighted by Crippen LogP contribution is 2.22. The van der Waals surface area contributed by atoms with E-state index in [1.54, 1.807) is 0 Å². The maximum atomic E-state index is 13.3. The van der Waals surface area contributed by atoms with Crippen molar-refractivity contribution in [2.75, 3.05) is 0 Å². The third kappa shape index (κ3) is 2.40. The van der Waals surface area contributed by atoms with Crippen molar-refractivity contribution < 1.29 is 18.7 Å². The first-order valence-corrected chi connectivity index (χ1v) is 4.29. The van der Waals surface area contributed by atoms with E-state index < -0.39 is 17.6 Å². The van der Waals surface area contributed by atoms with Gasteiger partial charge in [0, 0.05) is 11.1 Å². The van der Waals surface area contributed by atoms with E-state index in [0.29, 0.717) is 0 Å². The van der Waals surface area contributed by atoms with Crippen LogP contribution in [-0.2, 0) is 4.79 Å². The summed E-state index contributed by atoms with van der Waals surface area (Å²) in [6.07, 6.45) is 0. The van der Waals surface area contributed by atoms with Gasteiger partial charge in [-0.2, -0.15) is 0 Å². The van der Waals surface area contributed by atoms with Crippen molar-refractivity contribution >= 4 is 11.5 Å². The zero-order valence-electron chi connectivity index (χ0n) is 8.34. The highest BCUT2D eigenvalue weighted by Gasteiger charge is 2.11. The maximum Gasteiger partial charge on any atom is 0.331 e. The second-order valence-corrected chi connectivity index (χ2v) is 3.18. The molecule has 0 amide bonds. The first kappa shape index (κ1) is 11.4. The molecule has 0 spiro atoms. The lowest BCUT2D eigenvalue weighted by atomic mass is 10.0. The van der Waals surface area contributed by atoms with E-state index in [2.05, 4.69) is 0 Å². The minimum atomic E-state index is -1.14. The molecular formula is C11H10F2O2. The number of halogens is 2. The van der Waals surface area contributed by atoms with Gasteiger partial charge in [-0.1, -0.05) is 0 Å². The quantitative estimate of drug-likeness (QED) is 0.765. The highest BCUT2D eigenvalue weighted by atomic mass is 19.1. The van der Waals surface area contributed by atoms with Gasteiger partial charge in [0.1, 0.15) is 11.6 Å². The van der Waals surface area contributed by atoms with Gasteiger partial charge in [-0.25, -0.2) is 13.6 Å². The van der Waals surface area contributed by atoms with Crippen LogP contribution in [0.15, 0.2) is 23.8 Å². The first-order valence-electron chi connectivity index (χ1n) is 4.29. The lowest BCUT2D eigenvalue weighted by molar-refractivity contribution is -0.132. The third-order valence-corrected chi connectivity index (χ3v) is 2.22. The van der Waals surface area contributed by atoms with E-state index in [9.17, 15) is 13.6 Å². The standard InChI is InChI=1S/C11H10F2O2/c1-6(7(2)11(14)15)9-5-8(12)3-4-10(9)13/h3-5H,1-2H3,(H,14,15). The minimum absolute atomic E-state index is 0.000463. The van der Waals surface area contributed by atoms with E-state index in [1.165, 1.54) is 13.8 Å². The molecule has 0 saturated carbocycles. The number of carboxylic acid groups (broad SMARTS) is 1. The molecular weight excluding hydrogens is 202 g/mol. The molecule has 0 aliphatic carbocycles. The van der Waals surface area contributed by atoms with Crippen molar-refractivity contribution in [2.24, 2.45) is 0 Å². The van der Waals surface area contributed by atoms with Gasteiger partial charge in [0.15, 0.2) is 0 Å². The van der Waals surface area contributed by atoms with E-state index in [1.807, 2.05) is 0 Å². The molecule has 1 rings (SSSR count). The fourth-order valence-electron chi connectivity index (χ4n) is 1.15. The average molecular weight is 212 g/mol. The number of carboxylic acids is 1. The summed E-state index contributed by atoms with van der Waals surface area (Å²) >= 11 is 0. The Kier molecular flexibility index (Phi) is 3.19. The van der Waals surface area contributed by atoms with Crippen LogP contribution in [0.25, 0.3) is 5.57 Å². The summed E-state index contributed by atoms with van der Waals surface area (Å²) in [5, 5.41) is 8.70. The first-order chi connectivity index (χ1) is 6.93. The molecule has 0 radical (unpaired) electrons. The van der Waals surface area contributed by atoms with Gasteiger partial charge >= 0.3 is 5.97 Å². The Balaban J connectivity index is 3.33. The van der Waals surface area contributed by atoms with Crippen molar-refractivity contribution in [1.82, 2.24) is 0 Å². The molecule has 1 aromatic carbocycles. The monoisotopic (exact) mass is 212 g/mol. The largest absolute Gasteiger partial charge is 0.478 e. The van der Waals surface area contributed by atoms with E-state index in [-0.39, 0.29) is 16.7 Å². The topological polar surface area (TPSA) is 37.3 Å². The molecule has 80 valence electrons. The van der Waals surface area contributed by atoms with Crippen LogP contribution in [0.2, 0.25) is 0 Å². The molecule has 4 heteroatoms. The number of allylic oxidation sites excluding steroid dienone is 1. The fraction of sp³-hybridized carbons (Fsp3) is 0.182. The molecule has 0 heterocycles. The Morgan fingerprint density at radius 1 is 1.27 bits per heavy atom. The van der Waals surface area contributed by atoms with Crippen LogP contribution in [-0.4, -0.2) is 11.1 Å². The molecule has 0 unspecified atom stereocenters. The van der Waals surface area contributed by atoms with Gasteiger partial charge < -0.3 is 5.11 Å². The van der Waals surface area contributed by atoms with Gasteiger partial charge in [-0.15, -0.1) is 0 Å². The number of hydrogen-bond acceptors (Lipinski definition) is 1.